The first-order valence-electron chi connectivity index (χ1n) is 4.67. The topological polar surface area (TPSA) is 57.5 Å². The Morgan fingerprint density at radius 3 is 2.33 bits per heavy atom. The molecule has 0 aromatic heterocycles. The predicted molar refractivity (Wildman–Crippen MR) is 51.3 cm³/mol. The summed E-state index contributed by atoms with van der Waals surface area (Å²) in [6, 6.07) is 2.82. The number of aryl methyl sites for hydroxylation is 1. The van der Waals surface area contributed by atoms with Gasteiger partial charge in [0, 0.05) is 5.92 Å². The number of aliphatic hydroxyl groups excluding tert-OH is 2. The first-order chi connectivity index (χ1) is 7.06. The maximum Gasteiger partial charge on any atom is 0.153 e. The predicted octanol–water partition coefficient (Wildman–Crippen LogP) is 0.766. The normalized spacial score (nSPS) is 28.9. The summed E-state index contributed by atoms with van der Waals surface area (Å²) in [5.74, 6) is -1.02. The Hall–Kier alpha value is -1.26. The van der Waals surface area contributed by atoms with E-state index in [-0.39, 0.29) is 5.56 Å². The molecule has 15 heavy (non-hydrogen) atoms. The molecule has 1 aliphatic carbocycles. The fourth-order valence-electron chi connectivity index (χ4n) is 1.80. The van der Waals surface area contributed by atoms with Gasteiger partial charge in [-0.1, -0.05) is 6.07 Å². The van der Waals surface area contributed by atoms with Gasteiger partial charge in [0.25, 0.3) is 0 Å². The smallest absolute Gasteiger partial charge is 0.153 e. The van der Waals surface area contributed by atoms with Crippen LogP contribution in [-0.4, -0.2) is 28.7 Å². The number of aliphatic hydroxyl groups is 2. The SMILES string of the molecule is Cc1cc(C2C(O)C2O)cc(F)c1C=O. The van der Waals surface area contributed by atoms with Gasteiger partial charge in [0.2, 0.25) is 0 Å². The highest BCUT2D eigenvalue weighted by atomic mass is 19.1. The van der Waals surface area contributed by atoms with Crippen LogP contribution >= 0.6 is 0 Å². The van der Waals surface area contributed by atoms with E-state index in [1.54, 1.807) is 13.0 Å². The van der Waals surface area contributed by atoms with Crippen molar-refractivity contribution >= 4 is 6.29 Å². The lowest BCUT2D eigenvalue weighted by atomic mass is 10.0. The van der Waals surface area contributed by atoms with E-state index in [1.807, 2.05) is 0 Å². The van der Waals surface area contributed by atoms with Crippen molar-refractivity contribution in [2.75, 3.05) is 0 Å². The van der Waals surface area contributed by atoms with Crippen LogP contribution in [0.1, 0.15) is 27.4 Å². The van der Waals surface area contributed by atoms with Crippen LogP contribution in [0.4, 0.5) is 4.39 Å². The van der Waals surface area contributed by atoms with Gasteiger partial charge in [-0.25, -0.2) is 4.39 Å². The molecular weight excluding hydrogens is 199 g/mol. The molecule has 1 saturated carbocycles. The lowest BCUT2D eigenvalue weighted by Gasteiger charge is -2.04. The lowest BCUT2D eigenvalue weighted by molar-refractivity contribution is 0.111. The summed E-state index contributed by atoms with van der Waals surface area (Å²) in [5, 5.41) is 18.4. The number of carbonyl (C=O) groups is 1. The largest absolute Gasteiger partial charge is 0.390 e. The highest BCUT2D eigenvalue weighted by Gasteiger charge is 2.49. The minimum Gasteiger partial charge on any atom is -0.390 e. The molecule has 1 fully saturated rings. The second-order valence-electron chi connectivity index (χ2n) is 3.86. The van der Waals surface area contributed by atoms with Crippen LogP contribution in [0.15, 0.2) is 12.1 Å². The number of rotatable bonds is 2. The summed E-state index contributed by atoms with van der Waals surface area (Å²) < 4.78 is 13.4. The summed E-state index contributed by atoms with van der Waals surface area (Å²) >= 11 is 0. The quantitative estimate of drug-likeness (QED) is 0.709. The molecule has 0 amide bonds. The second-order valence-corrected chi connectivity index (χ2v) is 3.86. The third kappa shape index (κ3) is 1.56. The molecule has 0 spiro atoms. The van der Waals surface area contributed by atoms with Crippen molar-refractivity contribution in [1.82, 2.24) is 0 Å². The van der Waals surface area contributed by atoms with Crippen LogP contribution in [0, 0.1) is 12.7 Å². The van der Waals surface area contributed by atoms with Crippen LogP contribution in [0.2, 0.25) is 0 Å². The summed E-state index contributed by atoms with van der Waals surface area (Å²) in [7, 11) is 0. The van der Waals surface area contributed by atoms with Crippen molar-refractivity contribution in [2.24, 2.45) is 0 Å². The van der Waals surface area contributed by atoms with Gasteiger partial charge in [-0.3, -0.25) is 4.79 Å². The number of carbonyl (C=O) groups excluding carboxylic acids is 1. The average Bonchev–Trinajstić information content (AvgIpc) is 2.74. The maximum absolute atomic E-state index is 13.4. The van der Waals surface area contributed by atoms with Gasteiger partial charge in [0.1, 0.15) is 5.82 Å². The van der Waals surface area contributed by atoms with Crippen LogP contribution in [0.5, 0.6) is 0 Å². The highest BCUT2D eigenvalue weighted by Crippen LogP contribution is 2.41. The molecule has 3 nitrogen and oxygen atoms in total. The van der Waals surface area contributed by atoms with Crippen molar-refractivity contribution in [1.29, 1.82) is 0 Å². The molecule has 2 unspecified atom stereocenters. The Balaban J connectivity index is 2.40. The van der Waals surface area contributed by atoms with E-state index in [4.69, 9.17) is 0 Å². The van der Waals surface area contributed by atoms with Crippen LogP contribution in [-0.2, 0) is 0 Å². The van der Waals surface area contributed by atoms with Crippen molar-refractivity contribution in [3.63, 3.8) is 0 Å². The van der Waals surface area contributed by atoms with Gasteiger partial charge in [-0.15, -0.1) is 0 Å². The zero-order chi connectivity index (χ0) is 11.2. The molecule has 0 saturated heterocycles. The van der Waals surface area contributed by atoms with Crippen molar-refractivity contribution in [3.8, 4) is 0 Å². The molecule has 4 heteroatoms. The Morgan fingerprint density at radius 1 is 1.33 bits per heavy atom. The highest BCUT2D eigenvalue weighted by molar-refractivity contribution is 5.77. The summed E-state index contributed by atoms with van der Waals surface area (Å²) in [6.45, 7) is 1.62. The van der Waals surface area contributed by atoms with Gasteiger partial charge >= 0.3 is 0 Å². The molecular formula is C11H11FO3. The van der Waals surface area contributed by atoms with E-state index in [0.29, 0.717) is 17.4 Å². The average molecular weight is 210 g/mol. The Morgan fingerprint density at radius 2 is 1.93 bits per heavy atom. The fraction of sp³-hybridized carbons (Fsp3) is 0.364. The molecule has 1 aliphatic rings. The van der Waals surface area contributed by atoms with Gasteiger partial charge in [0.15, 0.2) is 6.29 Å². The zero-order valence-electron chi connectivity index (χ0n) is 8.14. The molecule has 0 aliphatic heterocycles. The van der Waals surface area contributed by atoms with E-state index >= 15 is 0 Å². The molecule has 0 radical (unpaired) electrons. The van der Waals surface area contributed by atoms with E-state index in [2.05, 4.69) is 0 Å². The standard InChI is InChI=1S/C11H11FO3/c1-5-2-6(9-10(14)11(9)15)3-8(12)7(5)4-13/h2-4,9-11,14-15H,1H3. The van der Waals surface area contributed by atoms with Crippen molar-refractivity contribution in [2.45, 2.75) is 25.0 Å². The first-order valence-corrected chi connectivity index (χ1v) is 4.67. The Labute approximate surface area is 86.2 Å². The first kappa shape index (κ1) is 10.3. The molecule has 0 bridgehead atoms. The summed E-state index contributed by atoms with van der Waals surface area (Å²) in [5.41, 5.74) is 1.09. The van der Waals surface area contributed by atoms with Gasteiger partial charge in [0.05, 0.1) is 17.8 Å². The summed E-state index contributed by atoms with van der Waals surface area (Å²) in [4.78, 5) is 10.5. The van der Waals surface area contributed by atoms with E-state index in [0.717, 1.165) is 0 Å². The van der Waals surface area contributed by atoms with Crippen LogP contribution in [0.25, 0.3) is 0 Å². The van der Waals surface area contributed by atoms with Crippen LogP contribution in [0.3, 0.4) is 0 Å². The monoisotopic (exact) mass is 210 g/mol. The number of halogens is 1. The number of benzene rings is 1. The molecule has 1 aromatic rings. The minimum absolute atomic E-state index is 0.0309. The molecule has 1 aromatic carbocycles. The van der Waals surface area contributed by atoms with E-state index in [9.17, 15) is 19.4 Å². The van der Waals surface area contributed by atoms with E-state index in [1.165, 1.54) is 6.07 Å². The van der Waals surface area contributed by atoms with Crippen LogP contribution < -0.4 is 0 Å². The number of hydrogen-bond acceptors (Lipinski definition) is 3. The maximum atomic E-state index is 13.4. The fourth-order valence-corrected chi connectivity index (χ4v) is 1.80. The number of hydrogen-bond donors (Lipinski definition) is 2. The lowest BCUT2D eigenvalue weighted by Crippen LogP contribution is -1.96. The third-order valence-electron chi connectivity index (χ3n) is 2.81. The molecule has 2 atom stereocenters. The van der Waals surface area contributed by atoms with Gasteiger partial charge < -0.3 is 10.2 Å². The third-order valence-corrected chi connectivity index (χ3v) is 2.81. The summed E-state index contributed by atoms with van der Waals surface area (Å²) in [6.07, 6.45) is -1.16. The van der Waals surface area contributed by atoms with Gasteiger partial charge in [-0.05, 0) is 24.1 Å². The Kier molecular flexibility index (Phi) is 2.32. The minimum atomic E-state index is -0.814. The molecule has 80 valence electrons. The van der Waals surface area contributed by atoms with Crippen molar-refractivity contribution in [3.05, 3.63) is 34.6 Å². The Bertz CT molecular complexity index is 385. The molecule has 2 rings (SSSR count). The van der Waals surface area contributed by atoms with Crippen molar-refractivity contribution < 1.29 is 19.4 Å². The molecule has 0 heterocycles. The zero-order valence-corrected chi connectivity index (χ0v) is 8.14. The number of aldehydes is 1. The second kappa shape index (κ2) is 3.40. The molecule has 2 N–H and O–H groups in total. The van der Waals surface area contributed by atoms with Gasteiger partial charge in [-0.2, -0.15) is 0 Å². The van der Waals surface area contributed by atoms with E-state index < -0.39 is 23.9 Å².